The van der Waals surface area contributed by atoms with Crippen molar-refractivity contribution in [2.24, 2.45) is 5.92 Å². The van der Waals surface area contributed by atoms with Crippen LogP contribution in [0.1, 0.15) is 19.8 Å². The van der Waals surface area contributed by atoms with Crippen LogP contribution in [0.2, 0.25) is 0 Å². The van der Waals surface area contributed by atoms with E-state index in [1.807, 2.05) is 28.8 Å². The zero-order valence-corrected chi connectivity index (χ0v) is 16.4. The van der Waals surface area contributed by atoms with Crippen LogP contribution in [0.3, 0.4) is 0 Å². The average molecular weight is 386 g/mol. The Kier molecular flexibility index (Phi) is 4.51. The molecule has 4 nitrogen and oxygen atoms in total. The Bertz CT molecular complexity index is 1130. The normalized spacial score (nSPS) is 17.0. The van der Waals surface area contributed by atoms with Crippen molar-refractivity contribution in [2.75, 3.05) is 18.0 Å². The minimum absolute atomic E-state index is 0.245. The predicted molar refractivity (Wildman–Crippen MR) is 114 cm³/mol. The first-order valence-electron chi connectivity index (χ1n) is 10.1. The largest absolute Gasteiger partial charge is 0.356 e. The smallest absolute Gasteiger partial charge is 0.158 e. The average Bonchev–Trinajstić information content (AvgIpc) is 3.18. The van der Waals surface area contributed by atoms with Gasteiger partial charge in [0.05, 0.1) is 11.4 Å². The Morgan fingerprint density at radius 3 is 2.45 bits per heavy atom. The van der Waals surface area contributed by atoms with Gasteiger partial charge in [-0.05, 0) is 43.0 Å². The number of anilines is 1. The van der Waals surface area contributed by atoms with Crippen LogP contribution in [0.25, 0.3) is 28.2 Å². The van der Waals surface area contributed by atoms with Crippen LogP contribution in [0.5, 0.6) is 0 Å². The number of hydrogen-bond donors (Lipinski definition) is 0. The Morgan fingerprint density at radius 2 is 1.69 bits per heavy atom. The first-order valence-corrected chi connectivity index (χ1v) is 10.1. The number of fused-ring (bicyclic) bond motifs is 1. The molecule has 1 fully saturated rings. The van der Waals surface area contributed by atoms with Gasteiger partial charge in [0.25, 0.3) is 0 Å². The molecule has 1 aliphatic heterocycles. The second-order valence-corrected chi connectivity index (χ2v) is 7.87. The van der Waals surface area contributed by atoms with Crippen molar-refractivity contribution >= 4 is 11.5 Å². The second kappa shape index (κ2) is 7.32. The van der Waals surface area contributed by atoms with E-state index >= 15 is 0 Å². The minimum Gasteiger partial charge on any atom is -0.356 e. The fourth-order valence-corrected chi connectivity index (χ4v) is 4.10. The van der Waals surface area contributed by atoms with Gasteiger partial charge in [-0.3, -0.25) is 0 Å². The van der Waals surface area contributed by atoms with Gasteiger partial charge >= 0.3 is 0 Å². The van der Waals surface area contributed by atoms with Crippen molar-refractivity contribution in [3.05, 3.63) is 72.5 Å². The molecular weight excluding hydrogens is 363 g/mol. The third-order valence-corrected chi connectivity index (χ3v) is 5.60. The van der Waals surface area contributed by atoms with E-state index in [9.17, 15) is 4.39 Å². The van der Waals surface area contributed by atoms with Crippen molar-refractivity contribution in [3.63, 3.8) is 0 Å². The summed E-state index contributed by atoms with van der Waals surface area (Å²) < 4.78 is 15.3. The number of halogens is 1. The maximum Gasteiger partial charge on any atom is 0.158 e. The molecule has 1 saturated heterocycles. The number of hydrogen-bond acceptors (Lipinski definition) is 3. The van der Waals surface area contributed by atoms with Gasteiger partial charge in [0.1, 0.15) is 11.6 Å². The molecule has 29 heavy (non-hydrogen) atoms. The summed E-state index contributed by atoms with van der Waals surface area (Å²) in [4.78, 5) is 7.30. The molecule has 4 aromatic rings. The summed E-state index contributed by atoms with van der Waals surface area (Å²) >= 11 is 0. The molecule has 0 aliphatic carbocycles. The Balaban J connectivity index is 1.67. The number of piperidine rings is 1. The molecule has 0 amide bonds. The highest BCUT2D eigenvalue weighted by molar-refractivity contribution is 5.71. The Morgan fingerprint density at radius 1 is 0.931 bits per heavy atom. The minimum atomic E-state index is -0.245. The lowest BCUT2D eigenvalue weighted by molar-refractivity contribution is 0.442. The SMILES string of the molecule is C[C@@H]1CCCN(c2cc(-c3ccccc3)nc3cc(-c4ccc(F)cc4)nn23)C1. The Labute approximate surface area is 169 Å². The zero-order valence-electron chi connectivity index (χ0n) is 16.4. The van der Waals surface area contributed by atoms with Crippen molar-refractivity contribution in [1.29, 1.82) is 0 Å². The van der Waals surface area contributed by atoms with Crippen molar-refractivity contribution in [3.8, 4) is 22.5 Å². The molecule has 0 unspecified atom stereocenters. The van der Waals surface area contributed by atoms with Crippen LogP contribution < -0.4 is 4.90 Å². The van der Waals surface area contributed by atoms with Crippen LogP contribution in [0, 0.1) is 11.7 Å². The van der Waals surface area contributed by atoms with E-state index in [0.717, 1.165) is 47.1 Å². The number of rotatable bonds is 3. The Hall–Kier alpha value is -3.21. The molecule has 5 rings (SSSR count). The molecule has 0 bridgehead atoms. The number of nitrogens with zero attached hydrogens (tertiary/aromatic N) is 4. The van der Waals surface area contributed by atoms with E-state index in [1.165, 1.54) is 25.0 Å². The fourth-order valence-electron chi connectivity index (χ4n) is 4.10. The lowest BCUT2D eigenvalue weighted by atomic mass is 10.0. The number of benzene rings is 2. The van der Waals surface area contributed by atoms with Crippen molar-refractivity contribution < 1.29 is 4.39 Å². The summed E-state index contributed by atoms with van der Waals surface area (Å²) in [5.41, 5.74) is 4.52. The van der Waals surface area contributed by atoms with Gasteiger partial charge in [-0.15, -0.1) is 0 Å². The van der Waals surface area contributed by atoms with E-state index in [2.05, 4.69) is 30.0 Å². The highest BCUT2D eigenvalue weighted by Crippen LogP contribution is 2.30. The van der Waals surface area contributed by atoms with Crippen LogP contribution in [-0.4, -0.2) is 27.7 Å². The molecule has 2 aromatic heterocycles. The maximum absolute atomic E-state index is 13.3. The quantitative estimate of drug-likeness (QED) is 0.470. The molecule has 0 saturated carbocycles. The molecule has 0 N–H and O–H groups in total. The molecule has 0 radical (unpaired) electrons. The molecule has 3 heterocycles. The highest BCUT2D eigenvalue weighted by atomic mass is 19.1. The molecule has 0 spiro atoms. The summed E-state index contributed by atoms with van der Waals surface area (Å²) in [6.45, 7) is 4.33. The zero-order chi connectivity index (χ0) is 19.8. The second-order valence-electron chi connectivity index (χ2n) is 7.87. The first kappa shape index (κ1) is 17.9. The maximum atomic E-state index is 13.3. The van der Waals surface area contributed by atoms with E-state index < -0.39 is 0 Å². The third kappa shape index (κ3) is 3.48. The topological polar surface area (TPSA) is 33.4 Å². The number of aromatic nitrogens is 3. The van der Waals surface area contributed by atoms with Gasteiger partial charge in [-0.25, -0.2) is 9.37 Å². The van der Waals surface area contributed by atoms with Gasteiger partial charge in [-0.1, -0.05) is 37.3 Å². The lowest BCUT2D eigenvalue weighted by Crippen LogP contribution is -2.35. The molecule has 5 heteroatoms. The van der Waals surface area contributed by atoms with Crippen molar-refractivity contribution in [2.45, 2.75) is 19.8 Å². The molecule has 146 valence electrons. The summed E-state index contributed by atoms with van der Waals surface area (Å²) in [7, 11) is 0. The predicted octanol–water partition coefficient (Wildman–Crippen LogP) is 5.44. The first-order chi connectivity index (χ1) is 14.2. The highest BCUT2D eigenvalue weighted by Gasteiger charge is 2.21. The molecular formula is C24H23FN4. The molecule has 1 aliphatic rings. The fraction of sp³-hybridized carbons (Fsp3) is 0.250. The van der Waals surface area contributed by atoms with Gasteiger partial charge < -0.3 is 4.90 Å². The third-order valence-electron chi connectivity index (χ3n) is 5.60. The summed E-state index contributed by atoms with van der Waals surface area (Å²) in [5, 5.41) is 4.84. The van der Waals surface area contributed by atoms with Crippen LogP contribution in [0.4, 0.5) is 10.2 Å². The van der Waals surface area contributed by atoms with E-state index in [4.69, 9.17) is 10.1 Å². The summed E-state index contributed by atoms with van der Waals surface area (Å²) in [6, 6.07) is 20.8. The monoisotopic (exact) mass is 386 g/mol. The van der Waals surface area contributed by atoms with Gasteiger partial charge in [0, 0.05) is 36.3 Å². The summed E-state index contributed by atoms with van der Waals surface area (Å²) in [5.74, 6) is 1.47. The van der Waals surface area contributed by atoms with Gasteiger partial charge in [0.2, 0.25) is 0 Å². The standard InChI is InChI=1S/C24H23FN4/c1-17-6-5-13-28(16-17)24-15-21(18-7-3-2-4-8-18)26-23-14-22(27-29(23)24)19-9-11-20(25)12-10-19/h2-4,7-12,14-15,17H,5-6,13,16H2,1H3/t17-/m1/s1. The van der Waals surface area contributed by atoms with E-state index in [0.29, 0.717) is 5.92 Å². The van der Waals surface area contributed by atoms with Gasteiger partial charge in [-0.2, -0.15) is 9.61 Å². The van der Waals surface area contributed by atoms with Crippen molar-refractivity contribution in [1.82, 2.24) is 14.6 Å². The van der Waals surface area contributed by atoms with Crippen LogP contribution in [0.15, 0.2) is 66.7 Å². The van der Waals surface area contributed by atoms with Crippen LogP contribution in [-0.2, 0) is 0 Å². The van der Waals surface area contributed by atoms with Gasteiger partial charge in [0.15, 0.2) is 5.65 Å². The summed E-state index contributed by atoms with van der Waals surface area (Å²) in [6.07, 6.45) is 2.44. The molecule has 2 aromatic carbocycles. The molecule has 1 atom stereocenters. The van der Waals surface area contributed by atoms with Crippen LogP contribution >= 0.6 is 0 Å². The lowest BCUT2D eigenvalue weighted by Gasteiger charge is -2.32. The van der Waals surface area contributed by atoms with E-state index in [1.54, 1.807) is 12.1 Å². The van der Waals surface area contributed by atoms with E-state index in [-0.39, 0.29) is 5.82 Å².